The number of hydrogen-bond acceptors (Lipinski definition) is 3. The van der Waals surface area contributed by atoms with Gasteiger partial charge in [0.1, 0.15) is 18.4 Å². The van der Waals surface area contributed by atoms with Crippen molar-refractivity contribution in [3.63, 3.8) is 0 Å². The van der Waals surface area contributed by atoms with Crippen LogP contribution in [0.25, 0.3) is 17.2 Å². The van der Waals surface area contributed by atoms with Gasteiger partial charge in [0.05, 0.1) is 0 Å². The number of aliphatic carboxylic acids is 1. The van der Waals surface area contributed by atoms with Crippen molar-refractivity contribution in [2.75, 3.05) is 0 Å². The number of ether oxygens (including phenoxy) is 1. The zero-order chi connectivity index (χ0) is 26.0. The standard InChI is InChI=1S/C31H26ClNO4/c32-27-14-12-25(13-15-27)26-8-4-7-22(19-26)11-18-30(34)33-29(31(35)36)20-23-9-16-28(17-10-23)37-21-24-5-2-1-3-6-24/h1-19,29H,20-21H2,(H,33,34)(H,35,36). The summed E-state index contributed by atoms with van der Waals surface area (Å²) in [5, 5.41) is 12.9. The molecule has 0 fully saturated rings. The molecule has 4 rings (SSSR count). The summed E-state index contributed by atoms with van der Waals surface area (Å²) < 4.78 is 5.78. The van der Waals surface area contributed by atoms with Gasteiger partial charge in [0.2, 0.25) is 5.91 Å². The van der Waals surface area contributed by atoms with Gasteiger partial charge in [0.15, 0.2) is 0 Å². The first-order valence-corrected chi connectivity index (χ1v) is 12.2. The Morgan fingerprint density at radius 3 is 2.27 bits per heavy atom. The lowest BCUT2D eigenvalue weighted by Crippen LogP contribution is -2.41. The SMILES string of the molecule is O=C(C=Cc1cccc(-c2ccc(Cl)cc2)c1)NC(Cc1ccc(OCc2ccccc2)cc1)C(=O)O. The number of halogens is 1. The molecular weight excluding hydrogens is 486 g/mol. The fourth-order valence-electron chi connectivity index (χ4n) is 3.75. The largest absolute Gasteiger partial charge is 0.489 e. The van der Waals surface area contributed by atoms with Crippen molar-refractivity contribution >= 4 is 29.6 Å². The van der Waals surface area contributed by atoms with Gasteiger partial charge in [-0.05, 0) is 64.2 Å². The van der Waals surface area contributed by atoms with Gasteiger partial charge in [-0.15, -0.1) is 0 Å². The van der Waals surface area contributed by atoms with E-state index in [1.165, 1.54) is 6.08 Å². The Balaban J connectivity index is 1.34. The summed E-state index contributed by atoms with van der Waals surface area (Å²) in [6.45, 7) is 0.447. The predicted octanol–water partition coefficient (Wildman–Crippen LogP) is 6.41. The number of nitrogens with one attached hydrogen (secondary N) is 1. The van der Waals surface area contributed by atoms with Crippen molar-refractivity contribution in [1.82, 2.24) is 5.32 Å². The van der Waals surface area contributed by atoms with Crippen LogP contribution < -0.4 is 10.1 Å². The zero-order valence-corrected chi connectivity index (χ0v) is 20.8. The zero-order valence-electron chi connectivity index (χ0n) is 20.0. The maximum absolute atomic E-state index is 12.5. The second-order valence-electron chi connectivity index (χ2n) is 8.49. The average molecular weight is 512 g/mol. The fourth-order valence-corrected chi connectivity index (χ4v) is 3.88. The van der Waals surface area contributed by atoms with Crippen molar-refractivity contribution in [1.29, 1.82) is 0 Å². The highest BCUT2D eigenvalue weighted by atomic mass is 35.5. The molecule has 186 valence electrons. The Morgan fingerprint density at radius 2 is 1.57 bits per heavy atom. The molecule has 1 unspecified atom stereocenters. The first-order chi connectivity index (χ1) is 18.0. The molecule has 0 radical (unpaired) electrons. The summed E-state index contributed by atoms with van der Waals surface area (Å²) >= 11 is 5.97. The highest BCUT2D eigenvalue weighted by Crippen LogP contribution is 2.23. The third-order valence-corrected chi connectivity index (χ3v) is 5.97. The third kappa shape index (κ3) is 7.82. The first kappa shape index (κ1) is 25.7. The van der Waals surface area contributed by atoms with E-state index in [-0.39, 0.29) is 6.42 Å². The lowest BCUT2D eigenvalue weighted by molar-refractivity contribution is -0.141. The second kappa shape index (κ2) is 12.6. The molecule has 4 aromatic carbocycles. The monoisotopic (exact) mass is 511 g/mol. The smallest absolute Gasteiger partial charge is 0.326 e. The molecular formula is C31H26ClNO4. The highest BCUT2D eigenvalue weighted by molar-refractivity contribution is 6.30. The van der Waals surface area contributed by atoms with Crippen molar-refractivity contribution in [2.24, 2.45) is 0 Å². The minimum atomic E-state index is -1.10. The van der Waals surface area contributed by atoms with E-state index in [1.807, 2.05) is 78.9 Å². The van der Waals surface area contributed by atoms with E-state index in [1.54, 1.807) is 30.3 Å². The van der Waals surface area contributed by atoms with E-state index >= 15 is 0 Å². The molecule has 0 spiro atoms. The lowest BCUT2D eigenvalue weighted by Gasteiger charge is -2.14. The lowest BCUT2D eigenvalue weighted by atomic mass is 10.0. The van der Waals surface area contributed by atoms with Crippen LogP contribution in [0.15, 0.2) is 109 Å². The van der Waals surface area contributed by atoms with Crippen LogP contribution in [0.1, 0.15) is 16.7 Å². The van der Waals surface area contributed by atoms with E-state index < -0.39 is 17.9 Å². The Morgan fingerprint density at radius 1 is 0.838 bits per heavy atom. The van der Waals surface area contributed by atoms with E-state index in [9.17, 15) is 14.7 Å². The summed E-state index contributed by atoms with van der Waals surface area (Å²) in [7, 11) is 0. The van der Waals surface area contributed by atoms with Crippen molar-refractivity contribution < 1.29 is 19.4 Å². The molecule has 0 aliphatic heterocycles. The average Bonchev–Trinajstić information content (AvgIpc) is 2.92. The van der Waals surface area contributed by atoms with Gasteiger partial charge in [0, 0.05) is 17.5 Å². The number of amides is 1. The topological polar surface area (TPSA) is 75.6 Å². The quantitative estimate of drug-likeness (QED) is 0.241. The Labute approximate surface area is 221 Å². The molecule has 37 heavy (non-hydrogen) atoms. The van der Waals surface area contributed by atoms with Crippen LogP contribution in [0.2, 0.25) is 5.02 Å². The number of carboxylic acids is 1. The van der Waals surface area contributed by atoms with Crippen LogP contribution in [0, 0.1) is 0 Å². The number of benzene rings is 4. The normalized spacial score (nSPS) is 11.7. The molecule has 0 bridgehead atoms. The first-order valence-electron chi connectivity index (χ1n) is 11.8. The summed E-state index contributed by atoms with van der Waals surface area (Å²) in [6.07, 6.45) is 3.16. The Kier molecular flexibility index (Phi) is 8.74. The van der Waals surface area contributed by atoms with Crippen molar-refractivity contribution in [3.05, 3.63) is 131 Å². The minimum absolute atomic E-state index is 0.153. The van der Waals surface area contributed by atoms with E-state index in [0.717, 1.165) is 27.8 Å². The molecule has 0 aromatic heterocycles. The molecule has 0 heterocycles. The maximum atomic E-state index is 12.5. The minimum Gasteiger partial charge on any atom is -0.489 e. The highest BCUT2D eigenvalue weighted by Gasteiger charge is 2.19. The van der Waals surface area contributed by atoms with Gasteiger partial charge in [-0.2, -0.15) is 0 Å². The summed E-state index contributed by atoms with van der Waals surface area (Å²) in [5.41, 5.74) is 4.65. The molecule has 0 aliphatic carbocycles. The summed E-state index contributed by atoms with van der Waals surface area (Å²) in [5.74, 6) is -0.893. The molecule has 2 N–H and O–H groups in total. The number of hydrogen-bond donors (Lipinski definition) is 2. The molecule has 6 heteroatoms. The number of carbonyl (C=O) groups excluding carboxylic acids is 1. The molecule has 4 aromatic rings. The van der Waals surface area contributed by atoms with Gasteiger partial charge in [-0.25, -0.2) is 4.79 Å². The number of carboxylic acid groups (broad SMARTS) is 1. The van der Waals surface area contributed by atoms with Gasteiger partial charge in [-0.3, -0.25) is 4.79 Å². The van der Waals surface area contributed by atoms with Crippen LogP contribution in [0.4, 0.5) is 0 Å². The molecule has 1 atom stereocenters. The van der Waals surface area contributed by atoms with Gasteiger partial charge >= 0.3 is 5.97 Å². The fraction of sp³-hybridized carbons (Fsp3) is 0.0968. The third-order valence-electron chi connectivity index (χ3n) is 5.72. The van der Waals surface area contributed by atoms with Crippen molar-refractivity contribution in [2.45, 2.75) is 19.1 Å². The Hall–Kier alpha value is -4.35. The van der Waals surface area contributed by atoms with Gasteiger partial charge in [0.25, 0.3) is 0 Å². The van der Waals surface area contributed by atoms with Gasteiger partial charge < -0.3 is 15.2 Å². The van der Waals surface area contributed by atoms with Crippen LogP contribution in [-0.2, 0) is 22.6 Å². The molecule has 5 nitrogen and oxygen atoms in total. The number of carbonyl (C=O) groups is 2. The van der Waals surface area contributed by atoms with E-state index in [0.29, 0.717) is 17.4 Å². The summed E-state index contributed by atoms with van der Waals surface area (Å²) in [6, 6.07) is 31.2. The van der Waals surface area contributed by atoms with Crippen molar-refractivity contribution in [3.8, 4) is 16.9 Å². The predicted molar refractivity (Wildman–Crippen MR) is 146 cm³/mol. The van der Waals surface area contributed by atoms with E-state index in [4.69, 9.17) is 16.3 Å². The maximum Gasteiger partial charge on any atom is 0.326 e. The molecule has 0 aliphatic rings. The molecule has 1 amide bonds. The summed E-state index contributed by atoms with van der Waals surface area (Å²) in [4.78, 5) is 24.3. The molecule has 0 saturated heterocycles. The Bertz CT molecular complexity index is 1370. The van der Waals surface area contributed by atoms with Crippen LogP contribution in [0.3, 0.4) is 0 Å². The van der Waals surface area contributed by atoms with Gasteiger partial charge in [-0.1, -0.05) is 84.4 Å². The van der Waals surface area contributed by atoms with Crippen LogP contribution in [-0.4, -0.2) is 23.0 Å². The molecule has 0 saturated carbocycles. The number of rotatable bonds is 10. The van der Waals surface area contributed by atoms with Crippen LogP contribution in [0.5, 0.6) is 5.75 Å². The van der Waals surface area contributed by atoms with Crippen LogP contribution >= 0.6 is 11.6 Å². The second-order valence-corrected chi connectivity index (χ2v) is 8.92. The van der Waals surface area contributed by atoms with E-state index in [2.05, 4.69) is 5.32 Å².